The summed E-state index contributed by atoms with van der Waals surface area (Å²) in [4.78, 5) is 13.1. The van der Waals surface area contributed by atoms with E-state index in [1.807, 2.05) is 60.7 Å². The van der Waals surface area contributed by atoms with Crippen molar-refractivity contribution >= 4 is 55.4 Å². The van der Waals surface area contributed by atoms with Gasteiger partial charge in [-0.05, 0) is 59.5 Å². The van der Waals surface area contributed by atoms with Crippen molar-refractivity contribution in [3.8, 4) is 0 Å². The van der Waals surface area contributed by atoms with E-state index >= 15 is 0 Å². The van der Waals surface area contributed by atoms with Crippen molar-refractivity contribution < 1.29 is 55.2 Å². The fraction of sp³-hybridized carbons (Fsp3) is 0.578. The van der Waals surface area contributed by atoms with E-state index in [0.717, 1.165) is 47.4 Å². The number of sulfonamides is 1. The Labute approximate surface area is 383 Å². The largest absolute Gasteiger partial charge is 0.509 e. The molecule has 3 aliphatic heterocycles. The maximum atomic E-state index is 13.9. The van der Waals surface area contributed by atoms with Crippen LogP contribution in [0.2, 0.25) is 36.3 Å². The number of hydrogen-bond donors (Lipinski definition) is 1. The van der Waals surface area contributed by atoms with Crippen LogP contribution in [0.3, 0.4) is 0 Å². The molecule has 17 heteroatoms. The standard InChI is InChI=1S/C45H64INO12SSi2/c1-7-61(8-2,9-3)58-40-37(46)43(47-60(49,50)34-26-20-15-21-27-34)53-35(30-51-28-32-22-16-13-17-23-32)38(40)55-44-42(59-62(10-4,11-5)12-6)41-39(56-45(48)57-41)36(54-44)31-52-29-33-24-18-14-19-25-33/h13-27,35-44,47H,7-12,28-31H2,1-6H3/t35-,36-,37+,38-,39+,40-,41+,42-,43+,44+/m1/s1. The second-order valence-electron chi connectivity index (χ2n) is 16.2. The number of nitrogens with one attached hydrogen (secondary N) is 1. The summed E-state index contributed by atoms with van der Waals surface area (Å²) in [5, 5.41) is 0. The van der Waals surface area contributed by atoms with Crippen LogP contribution >= 0.6 is 22.6 Å². The first-order valence-corrected chi connectivity index (χ1v) is 29.9. The van der Waals surface area contributed by atoms with Crippen molar-refractivity contribution in [1.82, 2.24) is 4.72 Å². The highest BCUT2D eigenvalue weighted by molar-refractivity contribution is 14.1. The molecule has 62 heavy (non-hydrogen) atoms. The van der Waals surface area contributed by atoms with E-state index in [2.05, 4.69) is 68.9 Å². The third kappa shape index (κ3) is 11.9. The highest BCUT2D eigenvalue weighted by Crippen LogP contribution is 2.41. The summed E-state index contributed by atoms with van der Waals surface area (Å²) in [7, 11) is -8.85. The third-order valence-electron chi connectivity index (χ3n) is 12.7. The molecule has 342 valence electrons. The van der Waals surface area contributed by atoms with Crippen LogP contribution in [0.4, 0.5) is 4.79 Å². The van der Waals surface area contributed by atoms with Crippen LogP contribution in [0, 0.1) is 0 Å². The van der Waals surface area contributed by atoms with E-state index in [9.17, 15) is 13.2 Å². The molecule has 3 fully saturated rings. The summed E-state index contributed by atoms with van der Waals surface area (Å²) in [5.74, 6) is 0. The predicted molar refractivity (Wildman–Crippen MR) is 248 cm³/mol. The molecular weight excluding hydrogens is 962 g/mol. The van der Waals surface area contributed by atoms with Crippen LogP contribution in [0.1, 0.15) is 52.7 Å². The molecule has 0 radical (unpaired) electrons. The number of benzene rings is 3. The zero-order chi connectivity index (χ0) is 44.3. The van der Waals surface area contributed by atoms with Crippen LogP contribution < -0.4 is 4.72 Å². The molecule has 3 saturated heterocycles. The first kappa shape index (κ1) is 49.2. The van der Waals surface area contributed by atoms with Gasteiger partial charge in [-0.1, -0.05) is 143 Å². The fourth-order valence-corrected chi connectivity index (χ4v) is 16.8. The van der Waals surface area contributed by atoms with Crippen molar-refractivity contribution in [1.29, 1.82) is 0 Å². The molecule has 3 aliphatic rings. The molecule has 0 unspecified atom stereocenters. The molecule has 1 N–H and O–H groups in total. The smallest absolute Gasteiger partial charge is 0.424 e. The molecule has 0 saturated carbocycles. The quantitative estimate of drug-likeness (QED) is 0.0420. The second-order valence-corrected chi connectivity index (χ2v) is 28.8. The molecule has 0 aromatic heterocycles. The number of hydrogen-bond acceptors (Lipinski definition) is 12. The van der Waals surface area contributed by atoms with Gasteiger partial charge in [-0.15, -0.1) is 0 Å². The van der Waals surface area contributed by atoms with Crippen LogP contribution in [-0.4, -0.2) is 104 Å². The fourth-order valence-electron chi connectivity index (χ4n) is 8.49. The summed E-state index contributed by atoms with van der Waals surface area (Å²) < 4.78 is 90.1. The summed E-state index contributed by atoms with van der Waals surface area (Å²) in [6.45, 7) is 13.6. The van der Waals surface area contributed by atoms with Crippen molar-refractivity contribution in [2.24, 2.45) is 0 Å². The lowest BCUT2D eigenvalue weighted by Crippen LogP contribution is -2.67. The number of carbonyl (C=O) groups is 1. The van der Waals surface area contributed by atoms with Gasteiger partial charge in [-0.25, -0.2) is 13.2 Å². The average Bonchev–Trinajstić information content (AvgIpc) is 3.70. The van der Waals surface area contributed by atoms with Crippen molar-refractivity contribution in [2.75, 3.05) is 13.2 Å². The Hall–Kier alpha value is -2.28. The topological polar surface area (TPSA) is 146 Å². The molecule has 6 rings (SSSR count). The Kier molecular flexibility index (Phi) is 18.0. The molecule has 3 aromatic rings. The Morgan fingerprint density at radius 2 is 1.08 bits per heavy atom. The van der Waals surface area contributed by atoms with E-state index in [-0.39, 0.29) is 24.7 Å². The van der Waals surface area contributed by atoms with E-state index in [0.29, 0.717) is 6.61 Å². The number of halogens is 1. The van der Waals surface area contributed by atoms with Gasteiger partial charge in [0.05, 0.1) is 41.4 Å². The molecule has 0 amide bonds. The van der Waals surface area contributed by atoms with Crippen LogP contribution in [-0.2, 0) is 65.2 Å². The van der Waals surface area contributed by atoms with Crippen molar-refractivity contribution in [3.63, 3.8) is 0 Å². The normalized spacial score (nSPS) is 28.0. The van der Waals surface area contributed by atoms with Crippen molar-refractivity contribution in [3.05, 3.63) is 102 Å². The molecule has 10 atom stereocenters. The molecule has 0 aliphatic carbocycles. The minimum absolute atomic E-state index is 0.0366. The van der Waals surface area contributed by atoms with Gasteiger partial charge in [-0.2, -0.15) is 4.72 Å². The summed E-state index contributed by atoms with van der Waals surface area (Å²) in [6, 6.07) is 32.8. The predicted octanol–water partition coefficient (Wildman–Crippen LogP) is 8.72. The van der Waals surface area contributed by atoms with E-state index in [1.54, 1.807) is 30.3 Å². The van der Waals surface area contributed by atoms with Gasteiger partial charge in [-0.3, -0.25) is 0 Å². The zero-order valence-corrected chi connectivity index (χ0v) is 41.7. The lowest BCUT2D eigenvalue weighted by atomic mass is 9.97. The van der Waals surface area contributed by atoms with Crippen LogP contribution in [0.15, 0.2) is 95.9 Å². The Morgan fingerprint density at radius 3 is 1.60 bits per heavy atom. The van der Waals surface area contributed by atoms with Gasteiger partial charge in [0, 0.05) is 0 Å². The molecule has 13 nitrogen and oxygen atoms in total. The molecule has 0 spiro atoms. The third-order valence-corrected chi connectivity index (χ3v) is 24.8. The van der Waals surface area contributed by atoms with Gasteiger partial charge in [0.1, 0.15) is 30.6 Å². The first-order chi connectivity index (χ1) is 29.9. The number of rotatable bonds is 23. The minimum Gasteiger partial charge on any atom is -0.424 e. The van der Waals surface area contributed by atoms with Crippen LogP contribution in [0.25, 0.3) is 0 Å². The summed E-state index contributed by atoms with van der Waals surface area (Å²) in [5.41, 5.74) is 1.95. The second kappa shape index (κ2) is 22.8. The number of fused-ring (bicyclic) bond motifs is 1. The highest BCUT2D eigenvalue weighted by atomic mass is 127. The summed E-state index contributed by atoms with van der Waals surface area (Å²) in [6.07, 6.45) is -8.58. The number of alkyl halides is 1. The number of ether oxygens (including phenoxy) is 7. The molecule has 0 bridgehead atoms. The van der Waals surface area contributed by atoms with Gasteiger partial charge in [0.2, 0.25) is 10.0 Å². The zero-order valence-electron chi connectivity index (χ0n) is 36.7. The van der Waals surface area contributed by atoms with Gasteiger partial charge in [0.15, 0.2) is 35.1 Å². The lowest BCUT2D eigenvalue weighted by Gasteiger charge is -2.50. The monoisotopic (exact) mass is 1030 g/mol. The first-order valence-electron chi connectivity index (χ1n) is 22.1. The van der Waals surface area contributed by atoms with Gasteiger partial charge in [0.25, 0.3) is 0 Å². The Bertz CT molecular complexity index is 1920. The molecular formula is C45H64INO12SSi2. The Balaban J connectivity index is 1.40. The average molecular weight is 1030 g/mol. The highest BCUT2D eigenvalue weighted by Gasteiger charge is 2.59. The van der Waals surface area contributed by atoms with Crippen molar-refractivity contribution in [2.45, 2.75) is 155 Å². The number of carbonyl (C=O) groups excluding carboxylic acids is 1. The van der Waals surface area contributed by atoms with Gasteiger partial charge >= 0.3 is 6.16 Å². The maximum Gasteiger partial charge on any atom is 0.509 e. The van der Waals surface area contributed by atoms with Crippen LogP contribution in [0.5, 0.6) is 0 Å². The van der Waals surface area contributed by atoms with E-state index in [1.165, 1.54) is 0 Å². The van der Waals surface area contributed by atoms with Gasteiger partial charge < -0.3 is 42.0 Å². The molecule has 3 aromatic carbocycles. The van der Waals surface area contributed by atoms with E-state index < -0.39 is 92.0 Å². The SMILES string of the molecule is CC[Si](CC)(CC)O[C@@H]1[C@H](I)[C@@H](NS(=O)(=O)c2ccccc2)O[C@H](COCc2ccccc2)[C@H]1O[C@@H]1O[C@H](COCc2ccccc2)[C@@H]2OC(=O)O[C@@H]2[C@H]1O[Si](CC)(CC)CC. The lowest BCUT2D eigenvalue weighted by molar-refractivity contribution is -0.319. The van der Waals surface area contributed by atoms with E-state index in [4.69, 9.17) is 42.0 Å². The minimum atomic E-state index is -4.02. The Morgan fingerprint density at radius 1 is 0.613 bits per heavy atom. The maximum absolute atomic E-state index is 13.9. The molecule has 3 heterocycles. The summed E-state index contributed by atoms with van der Waals surface area (Å²) >= 11 is 2.25.